The Morgan fingerprint density at radius 3 is 2.80 bits per heavy atom. The Kier molecular flexibility index (Phi) is 5.04. The summed E-state index contributed by atoms with van der Waals surface area (Å²) in [6.07, 6.45) is 0.0966. The first-order valence-corrected chi connectivity index (χ1v) is 8.72. The number of thiazole rings is 1. The van der Waals surface area contributed by atoms with Gasteiger partial charge in [-0.05, 0) is 32.0 Å². The Labute approximate surface area is 148 Å². The van der Waals surface area contributed by atoms with Gasteiger partial charge in [-0.1, -0.05) is 12.1 Å². The van der Waals surface area contributed by atoms with Crippen molar-refractivity contribution in [2.75, 3.05) is 11.9 Å². The molecule has 1 aromatic carbocycles. The second-order valence-corrected chi connectivity index (χ2v) is 6.30. The van der Waals surface area contributed by atoms with Crippen LogP contribution < -0.4 is 5.32 Å². The van der Waals surface area contributed by atoms with Crippen molar-refractivity contribution in [1.29, 1.82) is 0 Å². The van der Waals surface area contributed by atoms with Crippen molar-refractivity contribution >= 4 is 39.2 Å². The number of pyridine rings is 1. The number of nitrogens with one attached hydrogen (secondary N) is 1. The first-order valence-electron chi connectivity index (χ1n) is 7.84. The maximum absolute atomic E-state index is 12.4. The normalized spacial score (nSPS) is 10.6. The van der Waals surface area contributed by atoms with Crippen molar-refractivity contribution in [3.63, 3.8) is 0 Å². The minimum atomic E-state index is -0.332. The number of hydrogen-bond acceptors (Lipinski definition) is 6. The molecule has 0 radical (unpaired) electrons. The summed E-state index contributed by atoms with van der Waals surface area (Å²) in [5.41, 5.74) is 2.76. The minimum absolute atomic E-state index is 0.0966. The van der Waals surface area contributed by atoms with Gasteiger partial charge in [-0.2, -0.15) is 0 Å². The molecule has 0 aliphatic carbocycles. The third-order valence-corrected chi connectivity index (χ3v) is 4.30. The lowest BCUT2D eigenvalue weighted by molar-refractivity contribution is -0.142. The molecule has 7 heteroatoms. The fourth-order valence-corrected chi connectivity index (χ4v) is 3.04. The largest absolute Gasteiger partial charge is 0.466 e. The molecule has 0 aliphatic heterocycles. The predicted octanol–water partition coefficient (Wildman–Crippen LogP) is 3.36. The highest BCUT2D eigenvalue weighted by Crippen LogP contribution is 2.19. The van der Waals surface area contributed by atoms with Crippen LogP contribution in [0.2, 0.25) is 0 Å². The van der Waals surface area contributed by atoms with Crippen LogP contribution in [0.1, 0.15) is 28.7 Å². The van der Waals surface area contributed by atoms with Gasteiger partial charge < -0.3 is 4.74 Å². The number of aryl methyl sites for hydroxylation is 1. The van der Waals surface area contributed by atoms with Crippen LogP contribution in [0.25, 0.3) is 10.9 Å². The summed E-state index contributed by atoms with van der Waals surface area (Å²) < 4.78 is 4.89. The standard InChI is InChI=1S/C18H17N3O3S/c1-3-24-16(22)9-14-10-25-18(20-14)21-17(23)13-7-6-12-5-4-11(2)19-15(12)8-13/h4-8,10H,3,9H2,1-2H3,(H,20,21,23). The molecular weight excluding hydrogens is 338 g/mol. The maximum atomic E-state index is 12.4. The Morgan fingerprint density at radius 1 is 1.20 bits per heavy atom. The quantitative estimate of drug-likeness (QED) is 0.710. The van der Waals surface area contributed by atoms with Crippen LogP contribution in [0, 0.1) is 6.92 Å². The van der Waals surface area contributed by atoms with Gasteiger partial charge in [0.25, 0.3) is 5.91 Å². The first kappa shape index (κ1) is 17.0. The minimum Gasteiger partial charge on any atom is -0.466 e. The summed E-state index contributed by atoms with van der Waals surface area (Å²) >= 11 is 1.27. The number of benzene rings is 1. The number of carbonyl (C=O) groups is 2. The second kappa shape index (κ2) is 7.40. The third-order valence-electron chi connectivity index (χ3n) is 3.50. The summed E-state index contributed by atoms with van der Waals surface area (Å²) in [6.45, 7) is 4.00. The number of anilines is 1. The summed E-state index contributed by atoms with van der Waals surface area (Å²) in [5, 5.41) is 5.91. The SMILES string of the molecule is CCOC(=O)Cc1csc(NC(=O)c2ccc3ccc(C)nc3c2)n1. The third kappa shape index (κ3) is 4.19. The molecule has 2 heterocycles. The van der Waals surface area contributed by atoms with E-state index in [2.05, 4.69) is 15.3 Å². The van der Waals surface area contributed by atoms with E-state index in [1.165, 1.54) is 11.3 Å². The molecule has 1 amide bonds. The average molecular weight is 355 g/mol. The van der Waals surface area contributed by atoms with Crippen LogP contribution in [0.15, 0.2) is 35.7 Å². The van der Waals surface area contributed by atoms with E-state index in [1.54, 1.807) is 24.4 Å². The van der Waals surface area contributed by atoms with Gasteiger partial charge in [0.05, 0.1) is 24.2 Å². The number of aromatic nitrogens is 2. The van der Waals surface area contributed by atoms with Crippen LogP contribution in [0.3, 0.4) is 0 Å². The highest BCUT2D eigenvalue weighted by atomic mass is 32.1. The topological polar surface area (TPSA) is 81.2 Å². The number of carbonyl (C=O) groups excluding carboxylic acids is 2. The van der Waals surface area contributed by atoms with Crippen LogP contribution >= 0.6 is 11.3 Å². The number of fused-ring (bicyclic) bond motifs is 1. The van der Waals surface area contributed by atoms with Gasteiger partial charge in [-0.25, -0.2) is 4.98 Å². The molecule has 3 rings (SSSR count). The fourth-order valence-electron chi connectivity index (χ4n) is 2.34. The lowest BCUT2D eigenvalue weighted by atomic mass is 10.1. The van der Waals surface area contributed by atoms with Crippen LogP contribution in [-0.4, -0.2) is 28.5 Å². The number of amides is 1. The molecule has 0 atom stereocenters. The molecule has 3 aromatic rings. The number of rotatable bonds is 5. The Morgan fingerprint density at radius 2 is 2.00 bits per heavy atom. The molecule has 6 nitrogen and oxygen atoms in total. The van der Waals surface area contributed by atoms with E-state index in [-0.39, 0.29) is 18.3 Å². The fraction of sp³-hybridized carbons (Fsp3) is 0.222. The smallest absolute Gasteiger partial charge is 0.311 e. The maximum Gasteiger partial charge on any atom is 0.311 e. The van der Waals surface area contributed by atoms with E-state index in [9.17, 15) is 9.59 Å². The van der Waals surface area contributed by atoms with Crippen molar-refractivity contribution in [1.82, 2.24) is 9.97 Å². The second-order valence-electron chi connectivity index (χ2n) is 5.44. The van der Waals surface area contributed by atoms with E-state index in [1.807, 2.05) is 25.1 Å². The lowest BCUT2D eigenvalue weighted by Crippen LogP contribution is -2.12. The summed E-state index contributed by atoms with van der Waals surface area (Å²) in [6, 6.07) is 9.28. The molecule has 0 saturated carbocycles. The molecule has 0 spiro atoms. The summed E-state index contributed by atoms with van der Waals surface area (Å²) in [5.74, 6) is -0.594. The van der Waals surface area contributed by atoms with Crippen molar-refractivity contribution in [3.8, 4) is 0 Å². The Balaban J connectivity index is 1.72. The molecule has 0 unspecified atom stereocenters. The van der Waals surface area contributed by atoms with Gasteiger partial charge >= 0.3 is 5.97 Å². The van der Waals surface area contributed by atoms with Gasteiger partial charge in [0, 0.05) is 22.0 Å². The number of nitrogens with zero attached hydrogens (tertiary/aromatic N) is 2. The van der Waals surface area contributed by atoms with Gasteiger partial charge in [0.1, 0.15) is 0 Å². The number of hydrogen-bond donors (Lipinski definition) is 1. The first-order chi connectivity index (χ1) is 12.0. The van der Waals surface area contributed by atoms with E-state index in [0.29, 0.717) is 23.0 Å². The van der Waals surface area contributed by atoms with Gasteiger partial charge in [-0.3, -0.25) is 19.9 Å². The summed E-state index contributed by atoms with van der Waals surface area (Å²) in [4.78, 5) is 32.6. The van der Waals surface area contributed by atoms with E-state index < -0.39 is 0 Å². The molecule has 0 saturated heterocycles. The highest BCUT2D eigenvalue weighted by molar-refractivity contribution is 7.14. The molecule has 0 bridgehead atoms. The zero-order valence-corrected chi connectivity index (χ0v) is 14.7. The van der Waals surface area contributed by atoms with E-state index >= 15 is 0 Å². The van der Waals surface area contributed by atoms with Gasteiger partial charge in [0.2, 0.25) is 0 Å². The average Bonchev–Trinajstić information content (AvgIpc) is 3.01. The molecule has 0 aliphatic rings. The zero-order valence-electron chi connectivity index (χ0n) is 13.9. The van der Waals surface area contributed by atoms with Crippen LogP contribution in [0.5, 0.6) is 0 Å². The Hall–Kier alpha value is -2.80. The molecular formula is C18H17N3O3S. The Bertz CT molecular complexity index is 936. The van der Waals surface area contributed by atoms with Crippen LogP contribution in [0.4, 0.5) is 5.13 Å². The molecule has 1 N–H and O–H groups in total. The van der Waals surface area contributed by atoms with Crippen molar-refractivity contribution in [2.45, 2.75) is 20.3 Å². The molecule has 25 heavy (non-hydrogen) atoms. The molecule has 128 valence electrons. The van der Waals surface area contributed by atoms with Crippen molar-refractivity contribution in [3.05, 3.63) is 52.7 Å². The van der Waals surface area contributed by atoms with E-state index in [4.69, 9.17) is 4.74 Å². The summed E-state index contributed by atoms with van der Waals surface area (Å²) in [7, 11) is 0. The lowest BCUT2D eigenvalue weighted by Gasteiger charge is -2.04. The van der Waals surface area contributed by atoms with Crippen LogP contribution in [-0.2, 0) is 16.0 Å². The van der Waals surface area contributed by atoms with Crippen molar-refractivity contribution in [2.24, 2.45) is 0 Å². The molecule has 0 fully saturated rings. The van der Waals surface area contributed by atoms with Gasteiger partial charge in [-0.15, -0.1) is 11.3 Å². The molecule has 2 aromatic heterocycles. The number of ether oxygens (including phenoxy) is 1. The monoisotopic (exact) mass is 355 g/mol. The zero-order chi connectivity index (χ0) is 17.8. The van der Waals surface area contributed by atoms with E-state index in [0.717, 1.165) is 16.6 Å². The highest BCUT2D eigenvalue weighted by Gasteiger charge is 2.12. The van der Waals surface area contributed by atoms with Crippen molar-refractivity contribution < 1.29 is 14.3 Å². The van der Waals surface area contributed by atoms with Gasteiger partial charge in [0.15, 0.2) is 5.13 Å². The predicted molar refractivity (Wildman–Crippen MR) is 96.9 cm³/mol. The number of esters is 1.